The van der Waals surface area contributed by atoms with Gasteiger partial charge in [0.2, 0.25) is 5.75 Å². The first-order valence-electron chi connectivity index (χ1n) is 10.3. The van der Waals surface area contributed by atoms with Gasteiger partial charge in [-0.05, 0) is 50.5 Å². The Hall–Kier alpha value is -2.05. The fraction of sp³-hybridized carbons (Fsp3) is 0.500. The zero-order valence-corrected chi connectivity index (χ0v) is 18.6. The summed E-state index contributed by atoms with van der Waals surface area (Å²) in [6, 6.07) is 5.44. The second kappa shape index (κ2) is 7.89. The standard InChI is InChI=1S/C22H25Cl2N3O3/c1-13(2)26-9-10-27-17(25-20(29)19(28)18(27)21(26)30)12-22(7-3-4-8-22)15-11-14(23)5-6-16(15)24/h5-6,11,13,28H,3-4,7-10,12H2,1-2H3. The lowest BCUT2D eigenvalue weighted by atomic mass is 9.75. The van der Waals surface area contributed by atoms with Gasteiger partial charge in [-0.2, -0.15) is 4.98 Å². The maximum absolute atomic E-state index is 13.0. The smallest absolute Gasteiger partial charge is 0.315 e. The van der Waals surface area contributed by atoms with E-state index in [1.807, 2.05) is 19.9 Å². The zero-order chi connectivity index (χ0) is 21.6. The number of benzene rings is 1. The van der Waals surface area contributed by atoms with Crippen molar-refractivity contribution in [1.82, 2.24) is 14.5 Å². The molecule has 0 atom stereocenters. The molecule has 0 bridgehead atoms. The first-order chi connectivity index (χ1) is 14.2. The molecule has 2 heterocycles. The van der Waals surface area contributed by atoms with Crippen molar-refractivity contribution in [3.05, 3.63) is 55.7 Å². The Bertz CT molecular complexity index is 1060. The number of carbonyl (C=O) groups is 1. The fourth-order valence-corrected chi connectivity index (χ4v) is 5.41. The Morgan fingerprint density at radius 3 is 2.53 bits per heavy atom. The molecule has 0 unspecified atom stereocenters. The van der Waals surface area contributed by atoms with E-state index in [4.69, 9.17) is 23.2 Å². The highest BCUT2D eigenvalue weighted by molar-refractivity contribution is 6.33. The SMILES string of the molecule is CC(C)N1CCn2c(CC3(c4cc(Cl)ccc4Cl)CCCC3)nc(=O)c(O)c2C1=O. The van der Waals surface area contributed by atoms with Crippen LogP contribution in [0.3, 0.4) is 0 Å². The van der Waals surface area contributed by atoms with E-state index in [9.17, 15) is 14.7 Å². The van der Waals surface area contributed by atoms with Crippen molar-refractivity contribution in [3.8, 4) is 5.75 Å². The molecule has 0 spiro atoms. The Balaban J connectivity index is 1.83. The third-order valence-electron chi connectivity index (χ3n) is 6.45. The Labute approximate surface area is 185 Å². The van der Waals surface area contributed by atoms with Crippen molar-refractivity contribution in [2.24, 2.45) is 0 Å². The molecule has 160 valence electrons. The minimum absolute atomic E-state index is 0.0243. The maximum atomic E-state index is 13.0. The van der Waals surface area contributed by atoms with E-state index in [0.29, 0.717) is 35.4 Å². The molecule has 2 aromatic rings. The number of nitrogens with zero attached hydrogens (tertiary/aromatic N) is 3. The summed E-state index contributed by atoms with van der Waals surface area (Å²) >= 11 is 12.8. The molecule has 1 saturated carbocycles. The van der Waals surface area contributed by atoms with Crippen LogP contribution in [0.15, 0.2) is 23.0 Å². The first-order valence-corrected chi connectivity index (χ1v) is 11.1. The van der Waals surface area contributed by atoms with Crippen LogP contribution in [0, 0.1) is 0 Å². The van der Waals surface area contributed by atoms with E-state index in [-0.39, 0.29) is 23.1 Å². The molecule has 1 aliphatic heterocycles. The summed E-state index contributed by atoms with van der Waals surface area (Å²) in [6.45, 7) is 4.82. The van der Waals surface area contributed by atoms with Gasteiger partial charge in [-0.25, -0.2) is 0 Å². The summed E-state index contributed by atoms with van der Waals surface area (Å²) < 4.78 is 1.72. The van der Waals surface area contributed by atoms with Crippen LogP contribution in [0.4, 0.5) is 0 Å². The third-order valence-corrected chi connectivity index (χ3v) is 7.01. The van der Waals surface area contributed by atoms with Crippen molar-refractivity contribution in [2.45, 2.75) is 64.0 Å². The number of carbonyl (C=O) groups excluding carboxylic acids is 1. The average Bonchev–Trinajstić information content (AvgIpc) is 3.16. The number of hydrogen-bond acceptors (Lipinski definition) is 4. The number of aromatic nitrogens is 2. The number of amides is 1. The summed E-state index contributed by atoms with van der Waals surface area (Å²) in [5, 5.41) is 11.6. The molecule has 1 aliphatic carbocycles. The molecule has 1 fully saturated rings. The number of rotatable bonds is 4. The average molecular weight is 450 g/mol. The molecule has 8 heteroatoms. The Morgan fingerprint density at radius 1 is 1.17 bits per heavy atom. The van der Waals surface area contributed by atoms with Crippen molar-refractivity contribution in [1.29, 1.82) is 0 Å². The lowest BCUT2D eigenvalue weighted by Gasteiger charge is -2.36. The van der Waals surface area contributed by atoms with Gasteiger partial charge in [0.1, 0.15) is 5.82 Å². The molecule has 1 aromatic heterocycles. The largest absolute Gasteiger partial charge is 0.501 e. The van der Waals surface area contributed by atoms with E-state index in [1.165, 1.54) is 0 Å². The number of aromatic hydroxyl groups is 1. The van der Waals surface area contributed by atoms with Crippen molar-refractivity contribution in [3.63, 3.8) is 0 Å². The molecule has 1 N–H and O–H groups in total. The maximum Gasteiger partial charge on any atom is 0.315 e. The molecule has 0 saturated heterocycles. The molecule has 4 rings (SSSR count). The van der Waals surface area contributed by atoms with Gasteiger partial charge in [0, 0.05) is 41.0 Å². The Kier molecular flexibility index (Phi) is 5.58. The van der Waals surface area contributed by atoms with Crippen LogP contribution in [-0.4, -0.2) is 38.1 Å². The summed E-state index contributed by atoms with van der Waals surface area (Å²) in [7, 11) is 0. The molecular formula is C22H25Cl2N3O3. The minimum Gasteiger partial charge on any atom is -0.501 e. The predicted molar refractivity (Wildman–Crippen MR) is 117 cm³/mol. The number of fused-ring (bicyclic) bond motifs is 1. The summed E-state index contributed by atoms with van der Waals surface area (Å²) in [4.78, 5) is 31.3. The van der Waals surface area contributed by atoms with E-state index in [0.717, 1.165) is 31.2 Å². The van der Waals surface area contributed by atoms with E-state index < -0.39 is 11.3 Å². The van der Waals surface area contributed by atoms with E-state index in [2.05, 4.69) is 4.98 Å². The second-order valence-corrected chi connectivity index (χ2v) is 9.41. The van der Waals surface area contributed by atoms with Gasteiger partial charge in [-0.3, -0.25) is 9.59 Å². The lowest BCUT2D eigenvalue weighted by molar-refractivity contribution is 0.0636. The highest BCUT2D eigenvalue weighted by Crippen LogP contribution is 2.46. The second-order valence-electron chi connectivity index (χ2n) is 8.56. The number of halogens is 2. The Morgan fingerprint density at radius 2 is 1.87 bits per heavy atom. The van der Waals surface area contributed by atoms with E-state index >= 15 is 0 Å². The van der Waals surface area contributed by atoms with Crippen LogP contribution in [0.25, 0.3) is 0 Å². The van der Waals surface area contributed by atoms with Gasteiger partial charge < -0.3 is 14.6 Å². The highest BCUT2D eigenvalue weighted by Gasteiger charge is 2.40. The van der Waals surface area contributed by atoms with Gasteiger partial charge in [0.05, 0.1) is 0 Å². The van der Waals surface area contributed by atoms with Crippen LogP contribution in [0.2, 0.25) is 10.0 Å². The first kappa shape index (κ1) is 21.2. The van der Waals surface area contributed by atoms with Crippen LogP contribution in [0.1, 0.15) is 61.4 Å². The van der Waals surface area contributed by atoms with Gasteiger partial charge in [-0.1, -0.05) is 36.0 Å². The highest BCUT2D eigenvalue weighted by atomic mass is 35.5. The molecular weight excluding hydrogens is 425 g/mol. The van der Waals surface area contributed by atoms with Crippen molar-refractivity contribution < 1.29 is 9.90 Å². The van der Waals surface area contributed by atoms with Gasteiger partial charge in [0.15, 0.2) is 5.69 Å². The minimum atomic E-state index is -0.763. The predicted octanol–water partition coefficient (Wildman–Crippen LogP) is 4.17. The van der Waals surface area contributed by atoms with Gasteiger partial charge >= 0.3 is 5.56 Å². The summed E-state index contributed by atoms with van der Waals surface area (Å²) in [5.74, 6) is -0.395. The van der Waals surface area contributed by atoms with Crippen LogP contribution in [-0.2, 0) is 18.4 Å². The molecule has 0 radical (unpaired) electrons. The van der Waals surface area contributed by atoms with Crippen LogP contribution >= 0.6 is 23.2 Å². The zero-order valence-electron chi connectivity index (χ0n) is 17.1. The van der Waals surface area contributed by atoms with Crippen LogP contribution < -0.4 is 5.56 Å². The van der Waals surface area contributed by atoms with Gasteiger partial charge in [-0.15, -0.1) is 0 Å². The molecule has 2 aliphatic rings. The van der Waals surface area contributed by atoms with Crippen molar-refractivity contribution in [2.75, 3.05) is 6.54 Å². The fourth-order valence-electron chi connectivity index (χ4n) is 4.92. The van der Waals surface area contributed by atoms with Gasteiger partial charge in [0.25, 0.3) is 5.91 Å². The quantitative estimate of drug-likeness (QED) is 0.759. The summed E-state index contributed by atoms with van der Waals surface area (Å²) in [6.07, 6.45) is 4.33. The normalized spacial score (nSPS) is 18.2. The monoisotopic (exact) mass is 449 g/mol. The van der Waals surface area contributed by atoms with Crippen LogP contribution in [0.5, 0.6) is 5.75 Å². The molecule has 1 aromatic carbocycles. The van der Waals surface area contributed by atoms with Crippen molar-refractivity contribution >= 4 is 29.1 Å². The molecule has 1 amide bonds. The number of hydrogen-bond donors (Lipinski definition) is 1. The lowest BCUT2D eigenvalue weighted by Crippen LogP contribution is -2.47. The molecule has 30 heavy (non-hydrogen) atoms. The molecule has 6 nitrogen and oxygen atoms in total. The van der Waals surface area contributed by atoms with E-state index in [1.54, 1.807) is 21.6 Å². The summed E-state index contributed by atoms with van der Waals surface area (Å²) in [5.41, 5.74) is -0.0789. The topological polar surface area (TPSA) is 75.4 Å². The third kappa shape index (κ3) is 3.50.